The molecule has 1 aromatic rings. The van der Waals surface area contributed by atoms with Gasteiger partial charge in [0, 0.05) is 12.4 Å². The van der Waals surface area contributed by atoms with Gasteiger partial charge in [-0.3, -0.25) is 4.79 Å². The number of H-pyrrole nitrogens is 1. The molecule has 0 saturated carbocycles. The van der Waals surface area contributed by atoms with E-state index in [0.29, 0.717) is 0 Å². The van der Waals surface area contributed by atoms with Crippen molar-refractivity contribution in [3.63, 3.8) is 0 Å². The number of aromatic nitrogens is 2. The number of unbranched alkanes of at least 4 members (excludes halogenated alkanes) is 1. The van der Waals surface area contributed by atoms with Crippen molar-refractivity contribution in [2.45, 2.75) is 39.5 Å². The van der Waals surface area contributed by atoms with Crippen LogP contribution in [0, 0.1) is 5.92 Å². The van der Waals surface area contributed by atoms with Crippen LogP contribution in [0.3, 0.4) is 0 Å². The van der Waals surface area contributed by atoms with Gasteiger partial charge in [-0.1, -0.05) is 26.7 Å². The van der Waals surface area contributed by atoms with Crippen LogP contribution >= 0.6 is 0 Å². The molecule has 1 aromatic heterocycles. The second-order valence-corrected chi connectivity index (χ2v) is 3.56. The molecule has 4 nitrogen and oxygen atoms in total. The standard InChI is InChI=1S/C11H18N2O2/c1-3-5-6-9(4-2)10(14)15-11-12-7-8-13-11/h7-9H,3-6H2,1-2H3,(H,12,13). The molecule has 4 heteroatoms. The molecule has 0 fully saturated rings. The third-order valence-electron chi connectivity index (χ3n) is 2.40. The van der Waals surface area contributed by atoms with Crippen LogP contribution in [0.2, 0.25) is 0 Å². The van der Waals surface area contributed by atoms with E-state index < -0.39 is 0 Å². The smallest absolute Gasteiger partial charge is 0.316 e. The molecule has 1 N–H and O–H groups in total. The maximum atomic E-state index is 11.7. The maximum Gasteiger partial charge on any atom is 0.316 e. The van der Waals surface area contributed by atoms with E-state index in [9.17, 15) is 4.79 Å². The molecule has 15 heavy (non-hydrogen) atoms. The number of aromatic amines is 1. The summed E-state index contributed by atoms with van der Waals surface area (Å²) < 4.78 is 5.10. The highest BCUT2D eigenvalue weighted by atomic mass is 16.5. The number of ether oxygens (including phenoxy) is 1. The highest BCUT2D eigenvalue weighted by molar-refractivity contribution is 5.74. The number of esters is 1. The molecular weight excluding hydrogens is 192 g/mol. The van der Waals surface area contributed by atoms with E-state index in [-0.39, 0.29) is 17.9 Å². The first kappa shape index (κ1) is 11.8. The Kier molecular flexibility index (Phi) is 4.87. The Morgan fingerprint density at radius 1 is 1.60 bits per heavy atom. The second-order valence-electron chi connectivity index (χ2n) is 3.56. The van der Waals surface area contributed by atoms with Crippen molar-refractivity contribution in [2.75, 3.05) is 0 Å². The molecule has 0 saturated heterocycles. The lowest BCUT2D eigenvalue weighted by Gasteiger charge is -2.11. The highest BCUT2D eigenvalue weighted by Crippen LogP contribution is 2.15. The summed E-state index contributed by atoms with van der Waals surface area (Å²) in [7, 11) is 0. The fourth-order valence-electron chi connectivity index (χ4n) is 1.42. The number of carbonyl (C=O) groups excluding carboxylic acids is 1. The van der Waals surface area contributed by atoms with Crippen molar-refractivity contribution in [3.05, 3.63) is 12.4 Å². The van der Waals surface area contributed by atoms with E-state index in [2.05, 4.69) is 16.9 Å². The minimum Gasteiger partial charge on any atom is -0.392 e. The highest BCUT2D eigenvalue weighted by Gasteiger charge is 2.18. The molecule has 0 aliphatic carbocycles. The van der Waals surface area contributed by atoms with Gasteiger partial charge in [0.25, 0.3) is 0 Å². The Bertz CT molecular complexity index is 283. The van der Waals surface area contributed by atoms with Gasteiger partial charge in [-0.25, -0.2) is 4.98 Å². The second kappa shape index (κ2) is 6.22. The van der Waals surface area contributed by atoms with E-state index in [1.54, 1.807) is 12.4 Å². The first-order chi connectivity index (χ1) is 7.27. The number of nitrogens with zero attached hydrogens (tertiary/aromatic N) is 1. The summed E-state index contributed by atoms with van der Waals surface area (Å²) in [5.41, 5.74) is 0. The van der Waals surface area contributed by atoms with Crippen molar-refractivity contribution in [3.8, 4) is 6.01 Å². The predicted octanol–water partition coefficient (Wildman–Crippen LogP) is 2.53. The molecule has 0 bridgehead atoms. The minimum atomic E-state index is -0.180. The zero-order valence-corrected chi connectivity index (χ0v) is 9.32. The molecular formula is C11H18N2O2. The van der Waals surface area contributed by atoms with Crippen molar-refractivity contribution in [1.29, 1.82) is 0 Å². The summed E-state index contributed by atoms with van der Waals surface area (Å²) >= 11 is 0. The van der Waals surface area contributed by atoms with Crippen molar-refractivity contribution >= 4 is 5.97 Å². The van der Waals surface area contributed by atoms with Crippen LogP contribution in [0.4, 0.5) is 0 Å². The molecule has 1 atom stereocenters. The van der Waals surface area contributed by atoms with E-state index in [1.807, 2.05) is 6.92 Å². The van der Waals surface area contributed by atoms with E-state index in [0.717, 1.165) is 25.7 Å². The Hall–Kier alpha value is -1.32. The predicted molar refractivity (Wildman–Crippen MR) is 57.5 cm³/mol. The molecule has 0 spiro atoms. The molecule has 0 aromatic carbocycles. The normalized spacial score (nSPS) is 12.4. The molecule has 1 rings (SSSR count). The van der Waals surface area contributed by atoms with Crippen LogP contribution in [-0.2, 0) is 4.79 Å². The van der Waals surface area contributed by atoms with Gasteiger partial charge in [0.15, 0.2) is 0 Å². The van der Waals surface area contributed by atoms with Crippen LogP contribution in [0.25, 0.3) is 0 Å². The molecule has 0 amide bonds. The lowest BCUT2D eigenvalue weighted by molar-refractivity contribution is -0.139. The van der Waals surface area contributed by atoms with E-state index >= 15 is 0 Å². The lowest BCUT2D eigenvalue weighted by atomic mass is 10.00. The van der Waals surface area contributed by atoms with Gasteiger partial charge < -0.3 is 9.72 Å². The van der Waals surface area contributed by atoms with Gasteiger partial charge >= 0.3 is 12.0 Å². The molecule has 1 heterocycles. The van der Waals surface area contributed by atoms with Gasteiger partial charge in [0.1, 0.15) is 0 Å². The zero-order chi connectivity index (χ0) is 11.1. The first-order valence-electron chi connectivity index (χ1n) is 5.49. The van der Waals surface area contributed by atoms with Gasteiger partial charge in [-0.15, -0.1) is 0 Å². The van der Waals surface area contributed by atoms with Crippen LogP contribution < -0.4 is 4.74 Å². The minimum absolute atomic E-state index is 0.00458. The number of carbonyl (C=O) groups is 1. The molecule has 84 valence electrons. The fraction of sp³-hybridized carbons (Fsp3) is 0.636. The summed E-state index contributed by atoms with van der Waals surface area (Å²) in [5.74, 6) is -0.184. The van der Waals surface area contributed by atoms with Crippen LogP contribution in [0.1, 0.15) is 39.5 Å². The lowest BCUT2D eigenvalue weighted by Crippen LogP contribution is -2.20. The number of imidazole rings is 1. The van der Waals surface area contributed by atoms with Crippen molar-refractivity contribution in [2.24, 2.45) is 5.92 Å². The Morgan fingerprint density at radius 3 is 2.93 bits per heavy atom. The monoisotopic (exact) mass is 210 g/mol. The van der Waals surface area contributed by atoms with Gasteiger partial charge in [0.2, 0.25) is 0 Å². The van der Waals surface area contributed by atoms with Crippen LogP contribution in [0.5, 0.6) is 6.01 Å². The average Bonchev–Trinajstić information content (AvgIpc) is 2.71. The van der Waals surface area contributed by atoms with Crippen LogP contribution in [0.15, 0.2) is 12.4 Å². The molecule has 0 aliphatic heterocycles. The fourth-order valence-corrected chi connectivity index (χ4v) is 1.42. The summed E-state index contributed by atoms with van der Waals surface area (Å²) in [6.45, 7) is 4.12. The summed E-state index contributed by atoms with van der Waals surface area (Å²) in [4.78, 5) is 18.3. The third kappa shape index (κ3) is 3.73. The maximum absolute atomic E-state index is 11.7. The molecule has 0 aliphatic rings. The average molecular weight is 210 g/mol. The van der Waals surface area contributed by atoms with Crippen molar-refractivity contribution in [1.82, 2.24) is 9.97 Å². The molecule has 0 radical (unpaired) electrons. The summed E-state index contributed by atoms with van der Waals surface area (Å²) in [5, 5.41) is 0. The van der Waals surface area contributed by atoms with Crippen LogP contribution in [-0.4, -0.2) is 15.9 Å². The van der Waals surface area contributed by atoms with E-state index in [1.165, 1.54) is 0 Å². The van der Waals surface area contributed by atoms with Gasteiger partial charge in [-0.05, 0) is 12.8 Å². The van der Waals surface area contributed by atoms with Gasteiger partial charge in [-0.2, -0.15) is 0 Å². The van der Waals surface area contributed by atoms with E-state index in [4.69, 9.17) is 4.74 Å². The number of hydrogen-bond acceptors (Lipinski definition) is 3. The number of nitrogens with one attached hydrogen (secondary N) is 1. The first-order valence-corrected chi connectivity index (χ1v) is 5.49. The van der Waals surface area contributed by atoms with Gasteiger partial charge in [0.05, 0.1) is 5.92 Å². The summed E-state index contributed by atoms with van der Waals surface area (Å²) in [6.07, 6.45) is 7.08. The van der Waals surface area contributed by atoms with Crippen molar-refractivity contribution < 1.29 is 9.53 Å². The Balaban J connectivity index is 2.43. The Morgan fingerprint density at radius 2 is 2.40 bits per heavy atom. The number of rotatable bonds is 6. The largest absolute Gasteiger partial charge is 0.392 e. The topological polar surface area (TPSA) is 55.0 Å². The Labute approximate surface area is 90.1 Å². The zero-order valence-electron chi connectivity index (χ0n) is 9.32. The quantitative estimate of drug-likeness (QED) is 0.734. The molecule has 1 unspecified atom stereocenters. The number of hydrogen-bond donors (Lipinski definition) is 1. The third-order valence-corrected chi connectivity index (χ3v) is 2.40. The summed E-state index contributed by atoms with van der Waals surface area (Å²) in [6, 6.07) is 0.287. The SMILES string of the molecule is CCCCC(CC)C(=O)Oc1ncc[nH]1.